The van der Waals surface area contributed by atoms with Gasteiger partial charge in [-0.15, -0.1) is 11.3 Å². The van der Waals surface area contributed by atoms with Crippen molar-refractivity contribution in [3.8, 4) is 11.3 Å². The largest absolute Gasteiger partial charge is 0.369 e. The molecule has 0 spiro atoms. The molecule has 20 heavy (non-hydrogen) atoms. The minimum Gasteiger partial charge on any atom is -0.369 e. The molecule has 2 aromatic rings. The van der Waals surface area contributed by atoms with Crippen LogP contribution < -0.4 is 10.6 Å². The van der Waals surface area contributed by atoms with E-state index in [0.29, 0.717) is 6.54 Å². The minimum absolute atomic E-state index is 0.0483. The van der Waals surface area contributed by atoms with Gasteiger partial charge >= 0.3 is 0 Å². The van der Waals surface area contributed by atoms with E-state index in [1.165, 1.54) is 0 Å². The van der Waals surface area contributed by atoms with Crippen molar-refractivity contribution in [1.29, 1.82) is 0 Å². The molecule has 1 fully saturated rings. The summed E-state index contributed by atoms with van der Waals surface area (Å²) in [7, 11) is 0. The number of hydrogen-bond donors (Lipinski definition) is 1. The van der Waals surface area contributed by atoms with E-state index < -0.39 is 0 Å². The van der Waals surface area contributed by atoms with Crippen molar-refractivity contribution < 1.29 is 4.79 Å². The molecule has 1 aliphatic heterocycles. The number of amides is 1. The lowest BCUT2D eigenvalue weighted by Gasteiger charge is -2.30. The standard InChI is InChI=1S/C15H17N3OS/c16-14(19)12-7-4-8-18(9-12)15-17-13(10-20-15)11-5-2-1-3-6-11/h1-3,5-6,10,12H,4,7-9H2,(H2,16,19)/t12-/m1/s1. The number of rotatable bonds is 3. The van der Waals surface area contributed by atoms with Crippen molar-refractivity contribution in [3.63, 3.8) is 0 Å². The molecule has 1 aromatic carbocycles. The van der Waals surface area contributed by atoms with Gasteiger partial charge in [-0.2, -0.15) is 0 Å². The number of benzene rings is 1. The van der Waals surface area contributed by atoms with Crippen LogP contribution in [-0.2, 0) is 4.79 Å². The van der Waals surface area contributed by atoms with Gasteiger partial charge in [0.1, 0.15) is 0 Å². The Morgan fingerprint density at radius 3 is 2.90 bits per heavy atom. The molecule has 1 aromatic heterocycles. The summed E-state index contributed by atoms with van der Waals surface area (Å²) in [5.41, 5.74) is 7.54. The molecule has 1 aliphatic rings. The Hall–Kier alpha value is -1.88. The number of nitrogens with two attached hydrogens (primary N) is 1. The van der Waals surface area contributed by atoms with E-state index >= 15 is 0 Å². The van der Waals surface area contributed by atoms with Crippen LogP contribution in [0.2, 0.25) is 0 Å². The molecule has 0 unspecified atom stereocenters. The fraction of sp³-hybridized carbons (Fsp3) is 0.333. The van der Waals surface area contributed by atoms with E-state index in [2.05, 4.69) is 22.4 Å². The number of hydrogen-bond acceptors (Lipinski definition) is 4. The lowest BCUT2D eigenvalue weighted by molar-refractivity contribution is -0.122. The summed E-state index contributed by atoms with van der Waals surface area (Å²) in [5, 5.41) is 3.05. The third-order valence-corrected chi connectivity index (χ3v) is 4.56. The molecule has 0 bridgehead atoms. The lowest BCUT2D eigenvalue weighted by Crippen LogP contribution is -2.41. The highest BCUT2D eigenvalue weighted by Gasteiger charge is 2.25. The molecule has 2 heterocycles. The van der Waals surface area contributed by atoms with Crippen LogP contribution in [0.15, 0.2) is 35.7 Å². The first-order chi connectivity index (χ1) is 9.74. The average Bonchev–Trinajstić information content (AvgIpc) is 2.98. The summed E-state index contributed by atoms with van der Waals surface area (Å²) in [5.74, 6) is -0.248. The van der Waals surface area contributed by atoms with Gasteiger partial charge in [-0.1, -0.05) is 30.3 Å². The summed E-state index contributed by atoms with van der Waals surface area (Å²) in [6.07, 6.45) is 1.89. The third-order valence-electron chi connectivity index (χ3n) is 3.66. The van der Waals surface area contributed by atoms with Crippen LogP contribution in [-0.4, -0.2) is 24.0 Å². The van der Waals surface area contributed by atoms with Gasteiger partial charge in [0.05, 0.1) is 11.6 Å². The second-order valence-electron chi connectivity index (χ2n) is 5.07. The van der Waals surface area contributed by atoms with Crippen LogP contribution in [0.3, 0.4) is 0 Å². The summed E-state index contributed by atoms with van der Waals surface area (Å²) in [6.45, 7) is 1.64. The zero-order chi connectivity index (χ0) is 13.9. The van der Waals surface area contributed by atoms with Crippen molar-refractivity contribution in [1.82, 2.24) is 4.98 Å². The maximum atomic E-state index is 11.3. The van der Waals surface area contributed by atoms with Gasteiger partial charge < -0.3 is 10.6 Å². The molecule has 1 atom stereocenters. The monoisotopic (exact) mass is 287 g/mol. The average molecular weight is 287 g/mol. The quantitative estimate of drug-likeness (QED) is 0.943. The number of piperidine rings is 1. The van der Waals surface area contributed by atoms with Crippen LogP contribution in [0.5, 0.6) is 0 Å². The smallest absolute Gasteiger partial charge is 0.222 e. The van der Waals surface area contributed by atoms with Crippen LogP contribution in [0.25, 0.3) is 11.3 Å². The number of aromatic nitrogens is 1. The highest BCUT2D eigenvalue weighted by Crippen LogP contribution is 2.30. The van der Waals surface area contributed by atoms with E-state index in [4.69, 9.17) is 10.7 Å². The Kier molecular flexibility index (Phi) is 3.69. The molecule has 1 amide bonds. The Morgan fingerprint density at radius 1 is 1.35 bits per heavy atom. The number of carbonyl (C=O) groups is 1. The van der Waals surface area contributed by atoms with Crippen LogP contribution in [0.1, 0.15) is 12.8 Å². The van der Waals surface area contributed by atoms with Gasteiger partial charge in [-0.3, -0.25) is 4.79 Å². The highest BCUT2D eigenvalue weighted by atomic mass is 32.1. The Labute approximate surface area is 122 Å². The summed E-state index contributed by atoms with van der Waals surface area (Å²) >= 11 is 1.63. The third kappa shape index (κ3) is 2.67. The van der Waals surface area contributed by atoms with Gasteiger partial charge in [0.25, 0.3) is 0 Å². The van der Waals surface area contributed by atoms with E-state index in [0.717, 1.165) is 35.8 Å². The number of primary amides is 1. The maximum Gasteiger partial charge on any atom is 0.222 e. The summed E-state index contributed by atoms with van der Waals surface area (Å²) in [4.78, 5) is 18.2. The fourth-order valence-electron chi connectivity index (χ4n) is 2.53. The fourth-order valence-corrected chi connectivity index (χ4v) is 3.41. The van der Waals surface area contributed by atoms with E-state index in [1.54, 1.807) is 11.3 Å². The second-order valence-corrected chi connectivity index (χ2v) is 5.91. The van der Waals surface area contributed by atoms with Gasteiger partial charge in [0, 0.05) is 24.0 Å². The number of nitrogens with zero attached hydrogens (tertiary/aromatic N) is 2. The van der Waals surface area contributed by atoms with E-state index in [1.807, 2.05) is 18.2 Å². The number of thiazole rings is 1. The van der Waals surface area contributed by atoms with E-state index in [-0.39, 0.29) is 11.8 Å². The zero-order valence-electron chi connectivity index (χ0n) is 11.2. The number of anilines is 1. The normalized spacial score (nSPS) is 19.0. The van der Waals surface area contributed by atoms with Gasteiger partial charge in [0.2, 0.25) is 5.91 Å². The van der Waals surface area contributed by atoms with Gasteiger partial charge in [0.15, 0.2) is 5.13 Å². The summed E-state index contributed by atoms with van der Waals surface area (Å²) in [6, 6.07) is 10.1. The maximum absolute atomic E-state index is 11.3. The lowest BCUT2D eigenvalue weighted by atomic mass is 9.98. The highest BCUT2D eigenvalue weighted by molar-refractivity contribution is 7.14. The predicted molar refractivity (Wildman–Crippen MR) is 81.7 cm³/mol. The molecular weight excluding hydrogens is 270 g/mol. The van der Waals surface area contributed by atoms with Crippen molar-refractivity contribution >= 4 is 22.4 Å². The summed E-state index contributed by atoms with van der Waals surface area (Å²) < 4.78 is 0. The Morgan fingerprint density at radius 2 is 2.15 bits per heavy atom. The molecule has 5 heteroatoms. The van der Waals surface area contributed by atoms with Crippen LogP contribution >= 0.6 is 11.3 Å². The first kappa shape index (κ1) is 13.1. The van der Waals surface area contributed by atoms with Crippen LogP contribution in [0.4, 0.5) is 5.13 Å². The Balaban J connectivity index is 1.78. The van der Waals surface area contributed by atoms with Crippen molar-refractivity contribution in [2.45, 2.75) is 12.8 Å². The SMILES string of the molecule is NC(=O)[C@@H]1CCCN(c2nc(-c3ccccc3)cs2)C1. The molecule has 104 valence electrons. The molecule has 2 N–H and O–H groups in total. The first-order valence-electron chi connectivity index (χ1n) is 6.79. The second kappa shape index (κ2) is 5.63. The number of carbonyl (C=O) groups excluding carboxylic acids is 1. The van der Waals surface area contributed by atoms with Crippen molar-refractivity contribution in [2.75, 3.05) is 18.0 Å². The molecule has 4 nitrogen and oxygen atoms in total. The van der Waals surface area contributed by atoms with Crippen molar-refractivity contribution in [2.24, 2.45) is 11.7 Å². The first-order valence-corrected chi connectivity index (χ1v) is 7.67. The zero-order valence-corrected chi connectivity index (χ0v) is 12.0. The molecular formula is C15H17N3OS. The van der Waals surface area contributed by atoms with Gasteiger partial charge in [-0.05, 0) is 12.8 Å². The molecule has 0 aliphatic carbocycles. The predicted octanol–water partition coefficient (Wildman–Crippen LogP) is 2.51. The molecule has 1 saturated heterocycles. The minimum atomic E-state index is -0.200. The molecule has 0 saturated carbocycles. The Bertz CT molecular complexity index is 596. The molecule has 0 radical (unpaired) electrons. The van der Waals surface area contributed by atoms with Crippen molar-refractivity contribution in [3.05, 3.63) is 35.7 Å². The van der Waals surface area contributed by atoms with Crippen LogP contribution in [0, 0.1) is 5.92 Å². The topological polar surface area (TPSA) is 59.2 Å². The van der Waals surface area contributed by atoms with E-state index in [9.17, 15) is 4.79 Å². The molecule has 3 rings (SSSR count). The van der Waals surface area contributed by atoms with Gasteiger partial charge in [-0.25, -0.2) is 4.98 Å².